The molecule has 0 radical (unpaired) electrons. The molecule has 1 amide bonds. The molecule has 6 nitrogen and oxygen atoms in total. The fraction of sp³-hybridized carbons (Fsp3) is 0.188. The van der Waals surface area contributed by atoms with E-state index in [-0.39, 0.29) is 12.5 Å². The number of fused-ring (bicyclic) bond motifs is 1. The molecular formula is C16H13N3O3S3. The molecule has 1 atom stereocenters. The van der Waals surface area contributed by atoms with Crippen molar-refractivity contribution in [3.8, 4) is 11.5 Å². The maximum Gasteiger partial charge on any atom is 0.270 e. The number of nitrogens with one attached hydrogen (secondary N) is 1. The first-order valence-corrected chi connectivity index (χ1v) is 10.1. The highest BCUT2D eigenvalue weighted by Crippen LogP contribution is 2.32. The van der Waals surface area contributed by atoms with Gasteiger partial charge in [-0.3, -0.25) is 10.1 Å². The van der Waals surface area contributed by atoms with Gasteiger partial charge in [-0.25, -0.2) is 0 Å². The van der Waals surface area contributed by atoms with Crippen LogP contribution in [-0.2, 0) is 10.5 Å². The molecule has 4 rings (SSSR count). The first kappa shape index (κ1) is 16.4. The summed E-state index contributed by atoms with van der Waals surface area (Å²) in [6.07, 6.45) is -0.707. The molecule has 0 fully saturated rings. The summed E-state index contributed by atoms with van der Waals surface area (Å²) in [6, 6.07) is 11.4. The summed E-state index contributed by atoms with van der Waals surface area (Å²) >= 11 is 4.66. The van der Waals surface area contributed by atoms with Crippen molar-refractivity contribution in [2.45, 2.75) is 16.2 Å². The van der Waals surface area contributed by atoms with Gasteiger partial charge in [0.15, 0.2) is 15.8 Å². The molecule has 0 saturated carbocycles. The average Bonchev–Trinajstić information content (AvgIpc) is 3.31. The van der Waals surface area contributed by atoms with Gasteiger partial charge in [-0.15, -0.1) is 21.5 Å². The van der Waals surface area contributed by atoms with E-state index in [1.807, 2.05) is 29.6 Å². The van der Waals surface area contributed by atoms with E-state index in [0.29, 0.717) is 16.6 Å². The largest absolute Gasteiger partial charge is 0.485 e. The Morgan fingerprint density at radius 1 is 1.24 bits per heavy atom. The van der Waals surface area contributed by atoms with E-state index in [1.54, 1.807) is 29.2 Å². The quantitative estimate of drug-likeness (QED) is 0.528. The molecule has 0 unspecified atom stereocenters. The number of rotatable bonds is 5. The van der Waals surface area contributed by atoms with Gasteiger partial charge in [0.05, 0.1) is 0 Å². The summed E-state index contributed by atoms with van der Waals surface area (Å²) in [5.74, 6) is 1.77. The highest BCUT2D eigenvalue weighted by atomic mass is 32.2. The Morgan fingerprint density at radius 2 is 2.12 bits per heavy atom. The second-order valence-electron chi connectivity index (χ2n) is 5.09. The maximum atomic E-state index is 12.3. The summed E-state index contributed by atoms with van der Waals surface area (Å²) in [4.78, 5) is 13.6. The third-order valence-corrected chi connectivity index (χ3v) is 6.44. The molecule has 1 aromatic carbocycles. The number of thioether (sulfide) groups is 1. The van der Waals surface area contributed by atoms with Crippen LogP contribution in [0.25, 0.3) is 0 Å². The van der Waals surface area contributed by atoms with Crippen LogP contribution in [0.4, 0.5) is 5.13 Å². The Morgan fingerprint density at radius 3 is 2.96 bits per heavy atom. The Balaban J connectivity index is 1.34. The lowest BCUT2D eigenvalue weighted by Crippen LogP contribution is -2.40. The normalized spacial score (nSPS) is 15.8. The number of hydrogen-bond donors (Lipinski definition) is 1. The highest BCUT2D eigenvalue weighted by molar-refractivity contribution is 8.00. The van der Waals surface area contributed by atoms with Crippen LogP contribution in [0.1, 0.15) is 4.88 Å². The highest BCUT2D eigenvalue weighted by Gasteiger charge is 2.28. The Labute approximate surface area is 156 Å². The van der Waals surface area contributed by atoms with Crippen LogP contribution in [0.15, 0.2) is 46.1 Å². The molecule has 2 aromatic heterocycles. The van der Waals surface area contributed by atoms with Crippen LogP contribution >= 0.6 is 34.4 Å². The van der Waals surface area contributed by atoms with Gasteiger partial charge in [0, 0.05) is 10.6 Å². The minimum absolute atomic E-state index is 0.168. The zero-order valence-corrected chi connectivity index (χ0v) is 15.3. The minimum atomic E-state index is -0.707. The molecule has 0 aliphatic carbocycles. The van der Waals surface area contributed by atoms with E-state index in [1.165, 1.54) is 16.2 Å². The van der Waals surface area contributed by atoms with Crippen LogP contribution in [0.5, 0.6) is 11.5 Å². The number of ether oxygens (including phenoxy) is 2. The van der Waals surface area contributed by atoms with Crippen LogP contribution in [0, 0.1) is 0 Å². The molecule has 3 aromatic rings. The van der Waals surface area contributed by atoms with Gasteiger partial charge < -0.3 is 9.47 Å². The van der Waals surface area contributed by atoms with Crippen LogP contribution in [-0.4, -0.2) is 28.8 Å². The van der Waals surface area contributed by atoms with E-state index in [2.05, 4.69) is 21.6 Å². The molecule has 0 bridgehead atoms. The van der Waals surface area contributed by atoms with Crippen molar-refractivity contribution >= 4 is 45.5 Å². The molecule has 0 saturated heterocycles. The van der Waals surface area contributed by atoms with Gasteiger partial charge in [0.1, 0.15) is 6.61 Å². The van der Waals surface area contributed by atoms with Crippen molar-refractivity contribution in [3.63, 3.8) is 0 Å². The summed E-state index contributed by atoms with van der Waals surface area (Å²) in [6.45, 7) is 0.168. The summed E-state index contributed by atoms with van der Waals surface area (Å²) < 4.78 is 12.1. The number of para-hydroxylation sites is 2. The van der Waals surface area contributed by atoms with Crippen LogP contribution in [0.3, 0.4) is 0 Å². The molecule has 128 valence electrons. The Hall–Kier alpha value is -2.10. The van der Waals surface area contributed by atoms with Gasteiger partial charge in [0.25, 0.3) is 5.91 Å². The van der Waals surface area contributed by atoms with Crippen molar-refractivity contribution in [3.05, 3.63) is 46.7 Å². The topological polar surface area (TPSA) is 73.3 Å². The predicted octanol–water partition coefficient (Wildman–Crippen LogP) is 3.67. The molecular weight excluding hydrogens is 378 g/mol. The lowest BCUT2D eigenvalue weighted by Gasteiger charge is -2.25. The zero-order chi connectivity index (χ0) is 17.1. The lowest BCUT2D eigenvalue weighted by molar-refractivity contribution is -0.125. The smallest absolute Gasteiger partial charge is 0.270 e. The average molecular weight is 391 g/mol. The number of amides is 1. The molecule has 0 spiro atoms. The van der Waals surface area contributed by atoms with Crippen molar-refractivity contribution in [2.75, 3.05) is 11.9 Å². The van der Waals surface area contributed by atoms with Gasteiger partial charge in [-0.2, -0.15) is 0 Å². The monoisotopic (exact) mass is 391 g/mol. The van der Waals surface area contributed by atoms with Crippen molar-refractivity contribution in [1.29, 1.82) is 0 Å². The van der Waals surface area contributed by atoms with Crippen LogP contribution < -0.4 is 14.8 Å². The molecule has 1 N–H and O–H groups in total. The fourth-order valence-electron chi connectivity index (χ4n) is 2.18. The fourth-order valence-corrected chi connectivity index (χ4v) is 4.71. The molecule has 1 aliphatic heterocycles. The van der Waals surface area contributed by atoms with Gasteiger partial charge in [-0.1, -0.05) is 41.3 Å². The summed E-state index contributed by atoms with van der Waals surface area (Å²) in [7, 11) is 0. The van der Waals surface area contributed by atoms with Crippen molar-refractivity contribution in [2.24, 2.45) is 0 Å². The zero-order valence-electron chi connectivity index (χ0n) is 12.9. The number of benzene rings is 1. The standard InChI is InChI=1S/C16H13N3O3S3/c20-14(13-8-21-11-5-1-2-6-12(11)22-13)17-15-18-19-16(25-15)24-9-10-4-3-7-23-10/h1-7,13H,8-9H2,(H,17,18,20)/t13-/m0/s1. The lowest BCUT2D eigenvalue weighted by atomic mass is 10.2. The third-order valence-electron chi connectivity index (χ3n) is 3.36. The first-order valence-electron chi connectivity index (χ1n) is 7.46. The van der Waals surface area contributed by atoms with E-state index in [0.717, 1.165) is 10.1 Å². The second kappa shape index (κ2) is 7.42. The van der Waals surface area contributed by atoms with Crippen molar-refractivity contribution < 1.29 is 14.3 Å². The molecule has 25 heavy (non-hydrogen) atoms. The maximum absolute atomic E-state index is 12.3. The van der Waals surface area contributed by atoms with Gasteiger partial charge in [0.2, 0.25) is 11.2 Å². The number of carbonyl (C=O) groups is 1. The molecule has 9 heteroatoms. The number of aromatic nitrogens is 2. The van der Waals surface area contributed by atoms with E-state index < -0.39 is 6.10 Å². The van der Waals surface area contributed by atoms with E-state index >= 15 is 0 Å². The van der Waals surface area contributed by atoms with Gasteiger partial charge >= 0.3 is 0 Å². The number of carbonyl (C=O) groups excluding carboxylic acids is 1. The van der Waals surface area contributed by atoms with E-state index in [9.17, 15) is 4.79 Å². The Kier molecular flexibility index (Phi) is 4.86. The SMILES string of the molecule is O=C(Nc1nnc(SCc2cccs2)s1)[C@@H]1COc2ccccc2O1. The minimum Gasteiger partial charge on any atom is -0.485 e. The number of nitrogens with zero attached hydrogens (tertiary/aromatic N) is 2. The molecule has 3 heterocycles. The number of hydrogen-bond acceptors (Lipinski definition) is 8. The number of anilines is 1. The third kappa shape index (κ3) is 3.94. The first-order chi connectivity index (χ1) is 12.3. The second-order valence-corrected chi connectivity index (χ2v) is 8.33. The summed E-state index contributed by atoms with van der Waals surface area (Å²) in [5.41, 5.74) is 0. The molecule has 1 aliphatic rings. The van der Waals surface area contributed by atoms with Crippen molar-refractivity contribution in [1.82, 2.24) is 10.2 Å². The van der Waals surface area contributed by atoms with Gasteiger partial charge in [-0.05, 0) is 23.6 Å². The van der Waals surface area contributed by atoms with E-state index in [4.69, 9.17) is 9.47 Å². The summed E-state index contributed by atoms with van der Waals surface area (Å²) in [5, 5.41) is 13.4. The predicted molar refractivity (Wildman–Crippen MR) is 98.8 cm³/mol. The Bertz CT molecular complexity index is 866. The number of thiophene rings is 1. The van der Waals surface area contributed by atoms with Crippen LogP contribution in [0.2, 0.25) is 0 Å².